The number of nitrogens with zero attached hydrogens (tertiary/aromatic N) is 2. The van der Waals surface area contributed by atoms with Gasteiger partial charge in [0.15, 0.2) is 0 Å². The number of rotatable bonds is 0. The van der Waals surface area contributed by atoms with Crippen LogP contribution in [0.4, 0.5) is 0 Å². The molecule has 8 rings (SSSR count). The van der Waals surface area contributed by atoms with Gasteiger partial charge in [-0.15, -0.1) is 0 Å². The highest BCUT2D eigenvalue weighted by Gasteiger charge is 2.20. The standard InChI is InChI=1S/C32H20N4/c1-2-4-20-14-29-21(13-19(20)3-1)5-12-28-30-17-26-10-8-24(34-26)15-22-6-7-23(33-22)16-25-9-11-27(35-25)18-31(36-30)32(28)29/h1-18,33,35H. The molecule has 168 valence electrons. The Labute approximate surface area is 206 Å². The second-order valence-corrected chi connectivity index (χ2v) is 9.40. The van der Waals surface area contributed by atoms with Gasteiger partial charge in [-0.2, -0.15) is 0 Å². The molecule has 2 aliphatic rings. The van der Waals surface area contributed by atoms with Crippen LogP contribution in [0.15, 0.2) is 97.1 Å². The van der Waals surface area contributed by atoms with E-state index < -0.39 is 0 Å². The number of fused-ring (bicyclic) bond motifs is 14. The molecule has 8 bridgehead atoms. The Kier molecular flexibility index (Phi) is 3.91. The maximum absolute atomic E-state index is 5.13. The fourth-order valence-corrected chi connectivity index (χ4v) is 5.33. The largest absolute Gasteiger partial charge is 0.355 e. The number of H-pyrrole nitrogens is 2. The summed E-state index contributed by atoms with van der Waals surface area (Å²) in [6, 6.07) is 34.3. The number of benzene rings is 3. The molecule has 36 heavy (non-hydrogen) atoms. The number of aromatic amines is 2. The molecule has 3 aromatic carbocycles. The number of nitrogens with one attached hydrogen (secondary N) is 2. The zero-order chi connectivity index (χ0) is 23.6. The minimum Gasteiger partial charge on any atom is -0.355 e. The fourth-order valence-electron chi connectivity index (χ4n) is 5.33. The molecule has 0 aliphatic carbocycles. The molecular weight excluding hydrogens is 440 g/mol. The Morgan fingerprint density at radius 3 is 1.92 bits per heavy atom. The van der Waals surface area contributed by atoms with Crippen LogP contribution in [0.2, 0.25) is 0 Å². The topological polar surface area (TPSA) is 57.4 Å². The fraction of sp³-hybridized carbons (Fsp3) is 0. The molecule has 4 nitrogen and oxygen atoms in total. The maximum atomic E-state index is 5.13. The summed E-state index contributed by atoms with van der Waals surface area (Å²) in [4.78, 5) is 16.9. The van der Waals surface area contributed by atoms with E-state index in [1.165, 1.54) is 27.1 Å². The molecule has 0 radical (unpaired) electrons. The van der Waals surface area contributed by atoms with Crippen molar-refractivity contribution < 1.29 is 0 Å². The molecule has 0 unspecified atom stereocenters. The van der Waals surface area contributed by atoms with Gasteiger partial charge in [0.2, 0.25) is 0 Å². The molecule has 0 atom stereocenters. The Morgan fingerprint density at radius 1 is 0.472 bits per heavy atom. The summed E-state index contributed by atoms with van der Waals surface area (Å²) in [6.45, 7) is 0. The molecular formula is C32H20N4. The minimum atomic E-state index is 0.901. The van der Waals surface area contributed by atoms with Gasteiger partial charge in [-0.25, -0.2) is 9.97 Å². The van der Waals surface area contributed by atoms with E-state index in [0.29, 0.717) is 0 Å². The van der Waals surface area contributed by atoms with Crippen LogP contribution in [0.3, 0.4) is 0 Å². The third-order valence-corrected chi connectivity index (χ3v) is 7.00. The van der Waals surface area contributed by atoms with E-state index in [1.54, 1.807) is 0 Å². The quantitative estimate of drug-likeness (QED) is 0.224. The Morgan fingerprint density at radius 2 is 1.14 bits per heavy atom. The highest BCUT2D eigenvalue weighted by atomic mass is 14.8. The lowest BCUT2D eigenvalue weighted by molar-refractivity contribution is 1.31. The first kappa shape index (κ1) is 19.4. The van der Waals surface area contributed by atoms with Crippen LogP contribution >= 0.6 is 0 Å². The van der Waals surface area contributed by atoms with Crippen molar-refractivity contribution in [2.75, 3.05) is 0 Å². The summed E-state index contributed by atoms with van der Waals surface area (Å²) >= 11 is 0. The highest BCUT2D eigenvalue weighted by Crippen LogP contribution is 2.42. The Bertz CT molecular complexity index is 2060. The van der Waals surface area contributed by atoms with E-state index >= 15 is 0 Å². The third kappa shape index (κ3) is 3.08. The molecule has 0 spiro atoms. The average molecular weight is 461 g/mol. The van der Waals surface area contributed by atoms with Crippen molar-refractivity contribution in [3.05, 3.63) is 108 Å². The second-order valence-electron chi connectivity index (χ2n) is 9.40. The van der Waals surface area contributed by atoms with Gasteiger partial charge >= 0.3 is 0 Å². The van der Waals surface area contributed by atoms with E-state index in [9.17, 15) is 0 Å². The molecule has 0 amide bonds. The first-order chi connectivity index (χ1) is 17.7. The maximum Gasteiger partial charge on any atom is 0.0743 e. The molecule has 4 heteroatoms. The lowest BCUT2D eigenvalue weighted by Crippen LogP contribution is -1.83. The number of hydrogen-bond acceptors (Lipinski definition) is 2. The van der Waals surface area contributed by atoms with Crippen LogP contribution in [-0.2, 0) is 0 Å². The molecule has 0 saturated carbocycles. The summed E-state index contributed by atoms with van der Waals surface area (Å²) in [7, 11) is 0. The molecule has 2 N–H and O–H groups in total. The van der Waals surface area contributed by atoms with Gasteiger partial charge in [0, 0.05) is 33.2 Å². The summed E-state index contributed by atoms with van der Waals surface area (Å²) < 4.78 is 0. The molecule has 5 heterocycles. The van der Waals surface area contributed by atoms with Gasteiger partial charge in [0.05, 0.1) is 22.8 Å². The summed E-state index contributed by atoms with van der Waals surface area (Å²) in [5.74, 6) is 0. The van der Waals surface area contributed by atoms with Crippen molar-refractivity contribution in [1.29, 1.82) is 0 Å². The van der Waals surface area contributed by atoms with Crippen LogP contribution in [0.25, 0.3) is 78.3 Å². The van der Waals surface area contributed by atoms with E-state index in [2.05, 4.69) is 113 Å². The second kappa shape index (κ2) is 7.27. The Balaban J connectivity index is 1.49. The molecule has 3 aromatic heterocycles. The Hall–Kier alpha value is -4.96. The number of aromatic nitrogens is 4. The SMILES string of the molecule is C1=Cc2cc3ccc(cc4ccc(cc5nc(cc1n2)-c1ccc2cc6ccccc6cc2c1-5)[nH]4)[nH]3. The molecule has 2 aliphatic heterocycles. The van der Waals surface area contributed by atoms with Gasteiger partial charge in [-0.3, -0.25) is 0 Å². The van der Waals surface area contributed by atoms with E-state index in [4.69, 9.17) is 9.97 Å². The first-order valence-electron chi connectivity index (χ1n) is 12.1. The predicted molar refractivity (Wildman–Crippen MR) is 149 cm³/mol. The normalized spacial score (nSPS) is 12.3. The third-order valence-electron chi connectivity index (χ3n) is 7.00. The smallest absolute Gasteiger partial charge is 0.0743 e. The van der Waals surface area contributed by atoms with Gasteiger partial charge in [0.25, 0.3) is 0 Å². The summed E-state index contributed by atoms with van der Waals surface area (Å²) in [5.41, 5.74) is 10.1. The van der Waals surface area contributed by atoms with Gasteiger partial charge in [0.1, 0.15) is 0 Å². The molecule has 0 fully saturated rings. The zero-order valence-electron chi connectivity index (χ0n) is 19.3. The van der Waals surface area contributed by atoms with Crippen molar-refractivity contribution in [1.82, 2.24) is 19.9 Å². The van der Waals surface area contributed by atoms with E-state index in [-0.39, 0.29) is 0 Å². The molecule has 6 aromatic rings. The highest BCUT2D eigenvalue weighted by molar-refractivity contribution is 6.10. The van der Waals surface area contributed by atoms with Crippen LogP contribution < -0.4 is 0 Å². The van der Waals surface area contributed by atoms with Crippen molar-refractivity contribution in [2.24, 2.45) is 0 Å². The molecule has 0 saturated heterocycles. The predicted octanol–water partition coefficient (Wildman–Crippen LogP) is 8.13. The van der Waals surface area contributed by atoms with Crippen LogP contribution in [0.1, 0.15) is 11.4 Å². The van der Waals surface area contributed by atoms with Gasteiger partial charge < -0.3 is 9.97 Å². The van der Waals surface area contributed by atoms with Gasteiger partial charge in [-0.1, -0.05) is 36.4 Å². The van der Waals surface area contributed by atoms with Crippen molar-refractivity contribution in [3.8, 4) is 22.5 Å². The summed E-state index contributed by atoms with van der Waals surface area (Å²) in [5, 5.41) is 4.90. The monoisotopic (exact) mass is 460 g/mol. The minimum absolute atomic E-state index is 0.901. The number of hydrogen-bond donors (Lipinski definition) is 2. The lowest BCUT2D eigenvalue weighted by Gasteiger charge is -2.08. The van der Waals surface area contributed by atoms with Crippen molar-refractivity contribution in [3.63, 3.8) is 0 Å². The van der Waals surface area contributed by atoms with Crippen molar-refractivity contribution in [2.45, 2.75) is 0 Å². The van der Waals surface area contributed by atoms with Crippen LogP contribution in [0, 0.1) is 0 Å². The zero-order valence-corrected chi connectivity index (χ0v) is 19.3. The van der Waals surface area contributed by atoms with Gasteiger partial charge in [-0.05, 0) is 94.4 Å². The van der Waals surface area contributed by atoms with E-state index in [0.717, 1.165) is 50.4 Å². The van der Waals surface area contributed by atoms with Crippen molar-refractivity contribution >= 4 is 55.8 Å². The lowest BCUT2D eigenvalue weighted by atomic mass is 9.94. The van der Waals surface area contributed by atoms with Crippen LogP contribution in [0.5, 0.6) is 0 Å². The summed E-state index contributed by atoms with van der Waals surface area (Å²) in [6.07, 6.45) is 4.10. The van der Waals surface area contributed by atoms with Crippen LogP contribution in [-0.4, -0.2) is 19.9 Å². The average Bonchev–Trinajstić information content (AvgIpc) is 3.68. The van der Waals surface area contributed by atoms with E-state index in [1.807, 2.05) is 6.08 Å². The first-order valence-corrected chi connectivity index (χ1v) is 12.1.